The van der Waals surface area contributed by atoms with E-state index in [0.29, 0.717) is 29.3 Å². The SMILES string of the molecule is Cc1ccc(C(=O)Nc2ccc(N3CCC(C)CC3)c(C(=O)NCCc3ccccc3)c2)cc1. The minimum Gasteiger partial charge on any atom is -0.371 e. The zero-order valence-electron chi connectivity index (χ0n) is 20.0. The number of hydrogen-bond acceptors (Lipinski definition) is 3. The van der Waals surface area contributed by atoms with Crippen LogP contribution in [0, 0.1) is 12.8 Å². The molecule has 1 aliphatic heterocycles. The molecule has 0 saturated carbocycles. The fraction of sp³-hybridized carbons (Fsp3) is 0.310. The first-order chi connectivity index (χ1) is 16.5. The number of piperidine rings is 1. The predicted octanol–water partition coefficient (Wildman–Crippen LogP) is 5.46. The van der Waals surface area contributed by atoms with Crippen molar-refractivity contribution in [2.75, 3.05) is 29.9 Å². The third-order valence-corrected chi connectivity index (χ3v) is 6.48. The molecule has 5 nitrogen and oxygen atoms in total. The van der Waals surface area contributed by atoms with E-state index >= 15 is 0 Å². The quantitative estimate of drug-likeness (QED) is 0.498. The summed E-state index contributed by atoms with van der Waals surface area (Å²) in [4.78, 5) is 28.3. The van der Waals surface area contributed by atoms with Crippen LogP contribution in [0.2, 0.25) is 0 Å². The van der Waals surface area contributed by atoms with E-state index < -0.39 is 0 Å². The first kappa shape index (κ1) is 23.6. The number of rotatable bonds is 7. The van der Waals surface area contributed by atoms with Crippen LogP contribution in [-0.4, -0.2) is 31.4 Å². The summed E-state index contributed by atoms with van der Waals surface area (Å²) in [7, 11) is 0. The van der Waals surface area contributed by atoms with Crippen molar-refractivity contribution in [2.45, 2.75) is 33.1 Å². The monoisotopic (exact) mass is 455 g/mol. The van der Waals surface area contributed by atoms with Crippen molar-refractivity contribution in [1.82, 2.24) is 5.32 Å². The molecule has 0 radical (unpaired) electrons. The highest BCUT2D eigenvalue weighted by Gasteiger charge is 2.22. The Balaban J connectivity index is 1.52. The zero-order valence-corrected chi connectivity index (χ0v) is 20.0. The maximum absolute atomic E-state index is 13.3. The lowest BCUT2D eigenvalue weighted by atomic mass is 9.97. The van der Waals surface area contributed by atoms with Crippen LogP contribution >= 0.6 is 0 Å². The molecule has 0 unspecified atom stereocenters. The average Bonchev–Trinajstić information content (AvgIpc) is 2.85. The standard InChI is InChI=1S/C29H33N3O2/c1-21-8-10-24(11-9-21)28(33)31-25-12-13-27(32-18-15-22(2)16-19-32)26(20-25)29(34)30-17-14-23-6-4-3-5-7-23/h3-13,20,22H,14-19H2,1-2H3,(H,30,34)(H,31,33). The van der Waals surface area contributed by atoms with Crippen LogP contribution in [0.1, 0.15) is 51.6 Å². The van der Waals surface area contributed by atoms with Crippen LogP contribution in [0.3, 0.4) is 0 Å². The Morgan fingerprint density at radius 2 is 1.62 bits per heavy atom. The van der Waals surface area contributed by atoms with Gasteiger partial charge in [0.2, 0.25) is 0 Å². The summed E-state index contributed by atoms with van der Waals surface area (Å²) in [6.07, 6.45) is 2.99. The van der Waals surface area contributed by atoms with Crippen molar-refractivity contribution in [1.29, 1.82) is 0 Å². The van der Waals surface area contributed by atoms with Gasteiger partial charge >= 0.3 is 0 Å². The second-order valence-corrected chi connectivity index (χ2v) is 9.21. The topological polar surface area (TPSA) is 61.4 Å². The fourth-order valence-electron chi connectivity index (χ4n) is 4.29. The number of amides is 2. The van der Waals surface area contributed by atoms with Crippen molar-refractivity contribution in [2.24, 2.45) is 5.92 Å². The molecule has 5 heteroatoms. The van der Waals surface area contributed by atoms with Crippen LogP contribution in [0.4, 0.5) is 11.4 Å². The zero-order chi connectivity index (χ0) is 23.9. The third-order valence-electron chi connectivity index (χ3n) is 6.48. The van der Waals surface area contributed by atoms with E-state index in [9.17, 15) is 9.59 Å². The number of carbonyl (C=O) groups excluding carboxylic acids is 2. The molecule has 0 aromatic heterocycles. The fourth-order valence-corrected chi connectivity index (χ4v) is 4.29. The number of hydrogen-bond donors (Lipinski definition) is 2. The van der Waals surface area contributed by atoms with Gasteiger partial charge in [0.05, 0.1) is 5.56 Å². The molecule has 2 N–H and O–H groups in total. The lowest BCUT2D eigenvalue weighted by Crippen LogP contribution is -2.35. The number of anilines is 2. The molecule has 1 aliphatic rings. The lowest BCUT2D eigenvalue weighted by molar-refractivity contribution is 0.0953. The van der Waals surface area contributed by atoms with Crippen molar-refractivity contribution in [3.8, 4) is 0 Å². The summed E-state index contributed by atoms with van der Waals surface area (Å²) in [5.74, 6) is 0.401. The van der Waals surface area contributed by atoms with Gasteiger partial charge in [0, 0.05) is 36.6 Å². The molecule has 2 amide bonds. The van der Waals surface area contributed by atoms with E-state index in [2.05, 4.69) is 34.6 Å². The van der Waals surface area contributed by atoms with E-state index in [4.69, 9.17) is 0 Å². The number of carbonyl (C=O) groups is 2. The normalized spacial score (nSPS) is 14.0. The molecule has 0 atom stereocenters. The predicted molar refractivity (Wildman–Crippen MR) is 139 cm³/mol. The summed E-state index contributed by atoms with van der Waals surface area (Å²) in [5.41, 5.74) is 5.03. The Morgan fingerprint density at radius 3 is 2.32 bits per heavy atom. The molecular formula is C29H33N3O2. The first-order valence-electron chi connectivity index (χ1n) is 12.1. The first-order valence-corrected chi connectivity index (χ1v) is 12.1. The molecular weight excluding hydrogens is 422 g/mol. The van der Waals surface area contributed by atoms with Crippen LogP contribution in [-0.2, 0) is 6.42 Å². The average molecular weight is 456 g/mol. The molecule has 3 aromatic rings. The number of aryl methyl sites for hydroxylation is 1. The summed E-state index contributed by atoms with van der Waals surface area (Å²) < 4.78 is 0. The molecule has 176 valence electrons. The Morgan fingerprint density at radius 1 is 0.912 bits per heavy atom. The lowest BCUT2D eigenvalue weighted by Gasteiger charge is -2.33. The summed E-state index contributed by atoms with van der Waals surface area (Å²) in [6.45, 7) is 6.68. The number of benzene rings is 3. The van der Waals surface area contributed by atoms with Crippen LogP contribution in [0.15, 0.2) is 72.8 Å². The van der Waals surface area contributed by atoms with Gasteiger partial charge in [0.1, 0.15) is 0 Å². The Labute approximate surface area is 202 Å². The Kier molecular flexibility index (Phi) is 7.63. The molecule has 0 spiro atoms. The molecule has 1 heterocycles. The molecule has 1 fully saturated rings. The minimum absolute atomic E-state index is 0.115. The number of nitrogens with one attached hydrogen (secondary N) is 2. The van der Waals surface area contributed by atoms with Gasteiger partial charge in [0.25, 0.3) is 11.8 Å². The highest BCUT2D eigenvalue weighted by molar-refractivity contribution is 6.06. The van der Waals surface area contributed by atoms with Crippen LogP contribution in [0.25, 0.3) is 0 Å². The van der Waals surface area contributed by atoms with E-state index in [0.717, 1.165) is 43.6 Å². The highest BCUT2D eigenvalue weighted by atomic mass is 16.2. The summed E-state index contributed by atoms with van der Waals surface area (Å²) in [6, 6.07) is 23.2. The molecule has 0 aliphatic carbocycles. The van der Waals surface area contributed by atoms with Gasteiger partial charge in [-0.2, -0.15) is 0 Å². The van der Waals surface area contributed by atoms with Crippen LogP contribution < -0.4 is 15.5 Å². The molecule has 1 saturated heterocycles. The summed E-state index contributed by atoms with van der Waals surface area (Å²) in [5, 5.41) is 6.03. The Hall–Kier alpha value is -3.60. The second kappa shape index (κ2) is 11.0. The summed E-state index contributed by atoms with van der Waals surface area (Å²) >= 11 is 0. The van der Waals surface area contributed by atoms with Crippen LogP contribution in [0.5, 0.6) is 0 Å². The van der Waals surface area contributed by atoms with Gasteiger partial charge in [-0.3, -0.25) is 9.59 Å². The third kappa shape index (κ3) is 6.04. The van der Waals surface area contributed by atoms with Crippen molar-refractivity contribution in [3.05, 3.63) is 95.1 Å². The van der Waals surface area contributed by atoms with E-state index in [-0.39, 0.29) is 11.8 Å². The molecule has 3 aromatic carbocycles. The van der Waals surface area contributed by atoms with Gasteiger partial charge in [-0.25, -0.2) is 0 Å². The second-order valence-electron chi connectivity index (χ2n) is 9.21. The number of nitrogens with zero attached hydrogens (tertiary/aromatic N) is 1. The van der Waals surface area contributed by atoms with Crippen molar-refractivity contribution < 1.29 is 9.59 Å². The smallest absolute Gasteiger partial charge is 0.255 e. The van der Waals surface area contributed by atoms with Gasteiger partial charge < -0.3 is 15.5 Å². The van der Waals surface area contributed by atoms with Gasteiger partial charge in [-0.1, -0.05) is 55.0 Å². The maximum atomic E-state index is 13.3. The van der Waals surface area contributed by atoms with Crippen molar-refractivity contribution >= 4 is 23.2 Å². The van der Waals surface area contributed by atoms with E-state index in [1.165, 1.54) is 5.56 Å². The van der Waals surface area contributed by atoms with E-state index in [1.54, 1.807) is 6.07 Å². The molecule has 0 bridgehead atoms. The maximum Gasteiger partial charge on any atom is 0.255 e. The van der Waals surface area contributed by atoms with E-state index in [1.807, 2.05) is 61.5 Å². The van der Waals surface area contributed by atoms with Crippen molar-refractivity contribution in [3.63, 3.8) is 0 Å². The molecule has 34 heavy (non-hydrogen) atoms. The largest absolute Gasteiger partial charge is 0.371 e. The van der Waals surface area contributed by atoms with Gasteiger partial charge in [0.15, 0.2) is 0 Å². The van der Waals surface area contributed by atoms with Gasteiger partial charge in [-0.15, -0.1) is 0 Å². The Bertz CT molecular complexity index is 1120. The van der Waals surface area contributed by atoms with Gasteiger partial charge in [-0.05, 0) is 68.0 Å². The highest BCUT2D eigenvalue weighted by Crippen LogP contribution is 2.29. The molecule has 4 rings (SSSR count). The minimum atomic E-state index is -0.185.